The van der Waals surface area contributed by atoms with Gasteiger partial charge >= 0.3 is 0 Å². The Morgan fingerprint density at radius 1 is 1.35 bits per heavy atom. The Labute approximate surface area is 117 Å². The van der Waals surface area contributed by atoms with Crippen molar-refractivity contribution in [2.75, 3.05) is 32.0 Å². The van der Waals surface area contributed by atoms with E-state index in [-0.39, 0.29) is 18.1 Å². The summed E-state index contributed by atoms with van der Waals surface area (Å²) in [4.78, 5) is 13.9. The van der Waals surface area contributed by atoms with E-state index >= 15 is 0 Å². The number of likely N-dealkylation sites (N-methyl/N-ethyl adjacent to an activating group) is 1. The SMILES string of the molecule is CNC1CCCN(CC(=O)Nc2cc(F)cc(F)c2)C1. The van der Waals surface area contributed by atoms with Gasteiger partial charge in [-0.25, -0.2) is 8.78 Å². The lowest BCUT2D eigenvalue weighted by atomic mass is 10.1. The maximum absolute atomic E-state index is 13.0. The lowest BCUT2D eigenvalue weighted by Crippen LogP contribution is -2.46. The van der Waals surface area contributed by atoms with Crippen LogP contribution in [-0.4, -0.2) is 43.5 Å². The third kappa shape index (κ3) is 4.25. The van der Waals surface area contributed by atoms with E-state index < -0.39 is 11.6 Å². The number of hydrogen-bond donors (Lipinski definition) is 2. The number of hydrogen-bond acceptors (Lipinski definition) is 3. The standard InChI is InChI=1S/C14H19F2N3O/c1-17-12-3-2-4-19(8-12)9-14(20)18-13-6-10(15)5-11(16)7-13/h5-7,12,17H,2-4,8-9H2,1H3,(H,18,20). The topological polar surface area (TPSA) is 44.4 Å². The van der Waals surface area contributed by atoms with Gasteiger partial charge in [0.15, 0.2) is 0 Å². The van der Waals surface area contributed by atoms with Crippen LogP contribution in [0.2, 0.25) is 0 Å². The number of anilines is 1. The van der Waals surface area contributed by atoms with E-state index in [0.29, 0.717) is 6.04 Å². The Bertz CT molecular complexity index is 461. The third-order valence-corrected chi connectivity index (χ3v) is 3.43. The lowest BCUT2D eigenvalue weighted by molar-refractivity contribution is -0.117. The molecule has 1 atom stereocenters. The van der Waals surface area contributed by atoms with Gasteiger partial charge in [-0.1, -0.05) is 0 Å². The molecule has 2 N–H and O–H groups in total. The van der Waals surface area contributed by atoms with Crippen molar-refractivity contribution in [3.63, 3.8) is 0 Å². The molecule has 0 bridgehead atoms. The summed E-state index contributed by atoms with van der Waals surface area (Å²) in [5.74, 6) is -1.66. The highest BCUT2D eigenvalue weighted by Crippen LogP contribution is 2.14. The largest absolute Gasteiger partial charge is 0.325 e. The van der Waals surface area contributed by atoms with E-state index in [0.717, 1.165) is 44.1 Å². The molecule has 0 aromatic heterocycles. The normalized spacial score (nSPS) is 19.9. The zero-order chi connectivity index (χ0) is 14.5. The zero-order valence-corrected chi connectivity index (χ0v) is 11.5. The summed E-state index contributed by atoms with van der Waals surface area (Å²) in [6, 6.07) is 3.38. The average Bonchev–Trinajstić information content (AvgIpc) is 2.37. The number of nitrogens with one attached hydrogen (secondary N) is 2. The maximum atomic E-state index is 13.0. The number of rotatable bonds is 4. The molecule has 1 aliphatic rings. The molecule has 20 heavy (non-hydrogen) atoms. The highest BCUT2D eigenvalue weighted by Gasteiger charge is 2.20. The fraction of sp³-hybridized carbons (Fsp3) is 0.500. The summed E-state index contributed by atoms with van der Waals surface area (Å²) in [6.07, 6.45) is 2.14. The molecule has 6 heteroatoms. The Hall–Kier alpha value is -1.53. The fourth-order valence-corrected chi connectivity index (χ4v) is 2.46. The van der Waals surface area contributed by atoms with E-state index in [2.05, 4.69) is 10.6 Å². The molecular weight excluding hydrogens is 264 g/mol. The molecule has 1 aromatic rings. The van der Waals surface area contributed by atoms with E-state index in [1.54, 1.807) is 0 Å². The van der Waals surface area contributed by atoms with Crippen molar-refractivity contribution in [2.24, 2.45) is 0 Å². The second kappa shape index (κ2) is 6.76. The predicted octanol–water partition coefficient (Wildman–Crippen LogP) is 1.59. The fourth-order valence-electron chi connectivity index (χ4n) is 2.46. The van der Waals surface area contributed by atoms with E-state index in [1.165, 1.54) is 0 Å². The first-order valence-corrected chi connectivity index (χ1v) is 6.72. The molecule has 0 spiro atoms. The van der Waals surface area contributed by atoms with Gasteiger partial charge in [0.25, 0.3) is 0 Å². The number of amides is 1. The molecule has 0 radical (unpaired) electrons. The minimum atomic E-state index is -0.700. The number of carbonyl (C=O) groups excluding carboxylic acids is 1. The van der Waals surface area contributed by atoms with Gasteiger partial charge in [0.2, 0.25) is 5.91 Å². The number of halogens is 2. The molecule has 110 valence electrons. The van der Waals surface area contributed by atoms with Crippen molar-refractivity contribution in [1.82, 2.24) is 10.2 Å². The van der Waals surface area contributed by atoms with Gasteiger partial charge in [-0.05, 0) is 38.6 Å². The second-order valence-electron chi connectivity index (χ2n) is 5.07. The summed E-state index contributed by atoms with van der Waals surface area (Å²) in [5, 5.41) is 5.72. The van der Waals surface area contributed by atoms with Crippen molar-refractivity contribution in [2.45, 2.75) is 18.9 Å². The number of piperidine rings is 1. The van der Waals surface area contributed by atoms with Gasteiger partial charge in [0.1, 0.15) is 11.6 Å². The van der Waals surface area contributed by atoms with Crippen LogP contribution in [-0.2, 0) is 4.79 Å². The molecule has 0 aliphatic carbocycles. The van der Waals surface area contributed by atoms with Crippen LogP contribution in [0.25, 0.3) is 0 Å². The molecule has 1 heterocycles. The summed E-state index contributed by atoms with van der Waals surface area (Å²) in [5.41, 5.74) is 0.148. The summed E-state index contributed by atoms with van der Waals surface area (Å²) in [6.45, 7) is 1.90. The van der Waals surface area contributed by atoms with E-state index in [4.69, 9.17) is 0 Å². The molecule has 0 saturated carbocycles. The predicted molar refractivity (Wildman–Crippen MR) is 73.5 cm³/mol. The van der Waals surface area contributed by atoms with Gasteiger partial charge in [0.05, 0.1) is 6.54 Å². The van der Waals surface area contributed by atoms with Gasteiger partial charge in [-0.2, -0.15) is 0 Å². The molecule has 1 aliphatic heterocycles. The van der Waals surface area contributed by atoms with Crippen molar-refractivity contribution in [1.29, 1.82) is 0 Å². The lowest BCUT2D eigenvalue weighted by Gasteiger charge is -2.31. The molecule has 1 amide bonds. The first kappa shape index (κ1) is 14.9. The van der Waals surface area contributed by atoms with Crippen LogP contribution in [0.5, 0.6) is 0 Å². The highest BCUT2D eigenvalue weighted by atomic mass is 19.1. The van der Waals surface area contributed by atoms with Gasteiger partial charge in [0, 0.05) is 24.3 Å². The summed E-state index contributed by atoms with van der Waals surface area (Å²) in [7, 11) is 1.91. The Balaban J connectivity index is 1.88. The Morgan fingerprint density at radius 2 is 2.05 bits per heavy atom. The number of carbonyl (C=O) groups is 1. The molecule has 1 saturated heterocycles. The van der Waals surface area contributed by atoms with Gasteiger partial charge in [-0.15, -0.1) is 0 Å². The minimum Gasteiger partial charge on any atom is -0.325 e. The van der Waals surface area contributed by atoms with Crippen molar-refractivity contribution >= 4 is 11.6 Å². The Kier molecular flexibility index (Phi) is 5.03. The van der Waals surface area contributed by atoms with Crippen molar-refractivity contribution < 1.29 is 13.6 Å². The van der Waals surface area contributed by atoms with Crippen LogP contribution in [0.15, 0.2) is 18.2 Å². The van der Waals surface area contributed by atoms with Crippen LogP contribution in [0.3, 0.4) is 0 Å². The van der Waals surface area contributed by atoms with Gasteiger partial charge < -0.3 is 10.6 Å². The van der Waals surface area contributed by atoms with E-state index in [9.17, 15) is 13.6 Å². The van der Waals surface area contributed by atoms with E-state index in [1.807, 2.05) is 11.9 Å². The second-order valence-corrected chi connectivity index (χ2v) is 5.07. The third-order valence-electron chi connectivity index (χ3n) is 3.43. The maximum Gasteiger partial charge on any atom is 0.238 e. The molecule has 1 unspecified atom stereocenters. The van der Waals surface area contributed by atoms with Gasteiger partial charge in [-0.3, -0.25) is 9.69 Å². The number of benzene rings is 1. The number of likely N-dealkylation sites (tertiary alicyclic amines) is 1. The first-order chi connectivity index (χ1) is 9.56. The van der Waals surface area contributed by atoms with Crippen molar-refractivity contribution in [3.8, 4) is 0 Å². The highest BCUT2D eigenvalue weighted by molar-refractivity contribution is 5.92. The van der Waals surface area contributed by atoms with Crippen LogP contribution < -0.4 is 10.6 Å². The van der Waals surface area contributed by atoms with Crippen LogP contribution in [0.1, 0.15) is 12.8 Å². The summed E-state index contributed by atoms with van der Waals surface area (Å²) >= 11 is 0. The van der Waals surface area contributed by atoms with Crippen LogP contribution in [0, 0.1) is 11.6 Å². The quantitative estimate of drug-likeness (QED) is 0.882. The summed E-state index contributed by atoms with van der Waals surface area (Å²) < 4.78 is 26.0. The Morgan fingerprint density at radius 3 is 2.70 bits per heavy atom. The van der Waals surface area contributed by atoms with Crippen molar-refractivity contribution in [3.05, 3.63) is 29.8 Å². The smallest absolute Gasteiger partial charge is 0.238 e. The minimum absolute atomic E-state index is 0.148. The average molecular weight is 283 g/mol. The monoisotopic (exact) mass is 283 g/mol. The zero-order valence-electron chi connectivity index (χ0n) is 11.5. The molecule has 2 rings (SSSR count). The molecule has 1 aromatic carbocycles. The molecule has 4 nitrogen and oxygen atoms in total. The molecular formula is C14H19F2N3O. The number of nitrogens with zero attached hydrogens (tertiary/aromatic N) is 1. The first-order valence-electron chi connectivity index (χ1n) is 6.72. The van der Waals surface area contributed by atoms with Crippen LogP contribution in [0.4, 0.5) is 14.5 Å². The van der Waals surface area contributed by atoms with Crippen LogP contribution >= 0.6 is 0 Å². The molecule has 1 fully saturated rings.